The molecular formula is C16H15ClN2O4S2. The van der Waals surface area contributed by atoms with Crippen molar-refractivity contribution in [1.29, 1.82) is 0 Å². The number of aryl methyl sites for hydroxylation is 1. The number of hydrogen-bond acceptors (Lipinski definition) is 5. The van der Waals surface area contributed by atoms with Crippen molar-refractivity contribution in [2.75, 3.05) is 10.5 Å². The molecule has 0 fully saturated rings. The Hall–Kier alpha value is -1.90. The zero-order valence-electron chi connectivity index (χ0n) is 13.4. The lowest BCUT2D eigenvalue weighted by Crippen LogP contribution is -2.14. The van der Waals surface area contributed by atoms with E-state index in [2.05, 4.69) is 4.72 Å². The first-order valence-corrected chi connectivity index (χ1v) is 10.2. The summed E-state index contributed by atoms with van der Waals surface area (Å²) in [5.41, 5.74) is 1.15. The second-order valence-electron chi connectivity index (χ2n) is 5.24. The van der Waals surface area contributed by atoms with E-state index in [0.717, 1.165) is 10.6 Å². The van der Waals surface area contributed by atoms with Crippen LogP contribution < -0.4 is 10.5 Å². The standard InChI is InChI=1S/C16H15ClN2O4S2/c1-3-24-15-7-4-10(17)8-12(15)18-25(21,22)11-5-6-14-13(9-11)19(2)16(20)23-14/h4-9,18H,3H2,1-2H3. The highest BCUT2D eigenvalue weighted by Crippen LogP contribution is 2.31. The van der Waals surface area contributed by atoms with Crippen LogP contribution in [0.15, 0.2) is 55.4 Å². The zero-order valence-corrected chi connectivity index (χ0v) is 15.8. The molecule has 3 aromatic rings. The highest BCUT2D eigenvalue weighted by Gasteiger charge is 2.19. The van der Waals surface area contributed by atoms with E-state index in [1.807, 2.05) is 6.92 Å². The minimum absolute atomic E-state index is 0.0313. The van der Waals surface area contributed by atoms with E-state index >= 15 is 0 Å². The van der Waals surface area contributed by atoms with Crippen LogP contribution in [0.4, 0.5) is 5.69 Å². The topological polar surface area (TPSA) is 81.3 Å². The monoisotopic (exact) mass is 398 g/mol. The molecule has 0 aliphatic carbocycles. The lowest BCUT2D eigenvalue weighted by Gasteiger charge is -2.12. The molecule has 0 saturated heterocycles. The first-order valence-electron chi connectivity index (χ1n) is 7.36. The van der Waals surface area contributed by atoms with Gasteiger partial charge in [-0.25, -0.2) is 13.2 Å². The maximum absolute atomic E-state index is 12.7. The molecule has 1 heterocycles. The number of aromatic nitrogens is 1. The van der Waals surface area contributed by atoms with Gasteiger partial charge in [0.15, 0.2) is 5.58 Å². The molecule has 3 rings (SSSR count). The van der Waals surface area contributed by atoms with Gasteiger partial charge in [0.1, 0.15) is 0 Å². The molecule has 0 atom stereocenters. The summed E-state index contributed by atoms with van der Waals surface area (Å²) < 4.78 is 34.3. The summed E-state index contributed by atoms with van der Waals surface area (Å²) in [6, 6.07) is 9.32. The van der Waals surface area contributed by atoms with Gasteiger partial charge in [-0.05, 0) is 42.2 Å². The van der Waals surface area contributed by atoms with Gasteiger partial charge in [0.25, 0.3) is 10.0 Å². The van der Waals surface area contributed by atoms with Gasteiger partial charge in [-0.15, -0.1) is 11.8 Å². The van der Waals surface area contributed by atoms with Gasteiger partial charge >= 0.3 is 5.76 Å². The SMILES string of the molecule is CCSc1ccc(Cl)cc1NS(=O)(=O)c1ccc2oc(=O)n(C)c2c1. The van der Waals surface area contributed by atoms with E-state index < -0.39 is 15.8 Å². The van der Waals surface area contributed by atoms with Crippen molar-refractivity contribution in [3.63, 3.8) is 0 Å². The minimum Gasteiger partial charge on any atom is -0.408 e. The summed E-state index contributed by atoms with van der Waals surface area (Å²) in [4.78, 5) is 12.4. The van der Waals surface area contributed by atoms with Crippen molar-refractivity contribution < 1.29 is 12.8 Å². The predicted octanol–water partition coefficient (Wildman–Crippen LogP) is 3.70. The molecule has 0 amide bonds. The third-order valence-electron chi connectivity index (χ3n) is 3.56. The van der Waals surface area contributed by atoms with Crippen molar-refractivity contribution in [2.24, 2.45) is 7.05 Å². The van der Waals surface area contributed by atoms with E-state index in [-0.39, 0.29) is 4.90 Å². The van der Waals surface area contributed by atoms with Crippen LogP contribution in [-0.2, 0) is 17.1 Å². The Bertz CT molecular complexity index is 1100. The lowest BCUT2D eigenvalue weighted by atomic mass is 10.3. The molecule has 2 aromatic carbocycles. The maximum Gasteiger partial charge on any atom is 0.419 e. The Morgan fingerprint density at radius 2 is 2.00 bits per heavy atom. The van der Waals surface area contributed by atoms with Crippen molar-refractivity contribution in [3.05, 3.63) is 52.0 Å². The molecule has 1 N–H and O–H groups in total. The van der Waals surface area contributed by atoms with Gasteiger partial charge in [0, 0.05) is 17.0 Å². The van der Waals surface area contributed by atoms with Gasteiger partial charge in [0.05, 0.1) is 16.1 Å². The Morgan fingerprint density at radius 3 is 2.72 bits per heavy atom. The zero-order chi connectivity index (χ0) is 18.2. The smallest absolute Gasteiger partial charge is 0.408 e. The summed E-state index contributed by atoms with van der Waals surface area (Å²) in [6.07, 6.45) is 0. The summed E-state index contributed by atoms with van der Waals surface area (Å²) in [7, 11) is -2.33. The number of hydrogen-bond donors (Lipinski definition) is 1. The van der Waals surface area contributed by atoms with Gasteiger partial charge in [0.2, 0.25) is 0 Å². The van der Waals surface area contributed by atoms with E-state index in [4.69, 9.17) is 16.0 Å². The molecule has 0 aliphatic heterocycles. The van der Waals surface area contributed by atoms with Crippen LogP contribution in [0.1, 0.15) is 6.92 Å². The molecule has 6 nitrogen and oxygen atoms in total. The Morgan fingerprint density at radius 1 is 1.24 bits per heavy atom. The molecular weight excluding hydrogens is 384 g/mol. The van der Waals surface area contributed by atoms with Crippen molar-refractivity contribution in [1.82, 2.24) is 4.57 Å². The molecule has 1 aromatic heterocycles. The van der Waals surface area contributed by atoms with E-state index in [9.17, 15) is 13.2 Å². The molecule has 25 heavy (non-hydrogen) atoms. The van der Waals surface area contributed by atoms with Crippen LogP contribution in [0.25, 0.3) is 11.1 Å². The van der Waals surface area contributed by atoms with Crippen LogP contribution in [0.3, 0.4) is 0 Å². The van der Waals surface area contributed by atoms with Crippen LogP contribution in [-0.4, -0.2) is 18.7 Å². The second-order valence-corrected chi connectivity index (χ2v) is 8.66. The maximum atomic E-state index is 12.7. The highest BCUT2D eigenvalue weighted by molar-refractivity contribution is 7.99. The van der Waals surface area contributed by atoms with Crippen LogP contribution in [0.2, 0.25) is 5.02 Å². The van der Waals surface area contributed by atoms with Crippen molar-refractivity contribution in [3.8, 4) is 0 Å². The number of nitrogens with one attached hydrogen (secondary N) is 1. The number of sulfonamides is 1. The third kappa shape index (κ3) is 3.56. The number of anilines is 1. The Kier molecular flexibility index (Phi) is 4.86. The minimum atomic E-state index is -3.85. The molecule has 0 spiro atoms. The molecule has 0 radical (unpaired) electrons. The molecule has 0 aliphatic rings. The normalized spacial score (nSPS) is 11.8. The van der Waals surface area contributed by atoms with E-state index in [1.165, 1.54) is 41.6 Å². The molecule has 0 unspecified atom stereocenters. The molecule has 132 valence electrons. The van der Waals surface area contributed by atoms with Crippen LogP contribution in [0, 0.1) is 0 Å². The summed E-state index contributed by atoms with van der Waals surface area (Å²) >= 11 is 7.51. The van der Waals surface area contributed by atoms with Crippen LogP contribution in [0.5, 0.6) is 0 Å². The number of nitrogens with zero attached hydrogens (tertiary/aromatic N) is 1. The predicted molar refractivity (Wildman–Crippen MR) is 100 cm³/mol. The first kappa shape index (κ1) is 17.9. The molecule has 9 heteroatoms. The number of oxazole rings is 1. The summed E-state index contributed by atoms with van der Waals surface area (Å²) in [6.45, 7) is 1.98. The van der Waals surface area contributed by atoms with Crippen molar-refractivity contribution in [2.45, 2.75) is 16.7 Å². The van der Waals surface area contributed by atoms with Crippen LogP contribution >= 0.6 is 23.4 Å². The average Bonchev–Trinajstić information content (AvgIpc) is 2.84. The number of fused-ring (bicyclic) bond motifs is 1. The fourth-order valence-corrected chi connectivity index (χ4v) is 4.41. The highest BCUT2D eigenvalue weighted by atomic mass is 35.5. The second kappa shape index (κ2) is 6.78. The largest absolute Gasteiger partial charge is 0.419 e. The number of rotatable bonds is 5. The van der Waals surface area contributed by atoms with Crippen molar-refractivity contribution >= 4 is 50.2 Å². The van der Waals surface area contributed by atoms with Gasteiger partial charge < -0.3 is 4.42 Å². The fourth-order valence-electron chi connectivity index (χ4n) is 2.34. The Labute approximate surface area is 153 Å². The fraction of sp³-hybridized carbons (Fsp3) is 0.188. The number of benzene rings is 2. The van der Waals surface area contributed by atoms with Gasteiger partial charge in [-0.3, -0.25) is 9.29 Å². The van der Waals surface area contributed by atoms with Gasteiger partial charge in [-0.1, -0.05) is 18.5 Å². The quantitative estimate of drug-likeness (QED) is 0.663. The first-order chi connectivity index (χ1) is 11.8. The number of halogens is 1. The van der Waals surface area contributed by atoms with E-state index in [1.54, 1.807) is 18.2 Å². The number of thioether (sulfide) groups is 1. The lowest BCUT2D eigenvalue weighted by molar-refractivity contribution is 0.528. The molecule has 0 bridgehead atoms. The van der Waals surface area contributed by atoms with Gasteiger partial charge in [-0.2, -0.15) is 0 Å². The molecule has 0 saturated carbocycles. The summed E-state index contributed by atoms with van der Waals surface area (Å²) in [5.74, 6) is 0.244. The summed E-state index contributed by atoms with van der Waals surface area (Å²) in [5, 5.41) is 0.436. The third-order valence-corrected chi connectivity index (χ3v) is 6.11. The van der Waals surface area contributed by atoms with E-state index in [0.29, 0.717) is 21.8 Å². The average molecular weight is 399 g/mol. The Balaban J connectivity index is 2.04.